The van der Waals surface area contributed by atoms with Crippen LogP contribution in [0.4, 0.5) is 10.5 Å². The standard InChI is InChI=1S/C20H26N2O2/c1-20(2,15-21(3)4)17-11-8-12-18(13-17)22(19(23)24)14-16-9-6-5-7-10-16/h5-13H,14-15H2,1-4H3,(H,23,24). The third kappa shape index (κ3) is 4.59. The van der Waals surface area contributed by atoms with Gasteiger partial charge in [0.15, 0.2) is 0 Å². The van der Waals surface area contributed by atoms with Crippen LogP contribution in [0.15, 0.2) is 54.6 Å². The summed E-state index contributed by atoms with van der Waals surface area (Å²) in [6.07, 6.45) is -0.943. The summed E-state index contributed by atoms with van der Waals surface area (Å²) in [5, 5.41) is 9.64. The van der Waals surface area contributed by atoms with Crippen LogP contribution in [0.2, 0.25) is 0 Å². The third-order valence-corrected chi connectivity index (χ3v) is 4.07. The van der Waals surface area contributed by atoms with Crippen molar-refractivity contribution in [2.24, 2.45) is 0 Å². The molecule has 1 N–H and O–H groups in total. The molecule has 4 nitrogen and oxygen atoms in total. The van der Waals surface area contributed by atoms with E-state index < -0.39 is 6.09 Å². The Kier molecular flexibility index (Phi) is 5.62. The number of likely N-dealkylation sites (N-methyl/N-ethyl adjacent to an activating group) is 1. The van der Waals surface area contributed by atoms with Gasteiger partial charge in [0.25, 0.3) is 0 Å². The highest BCUT2D eigenvalue weighted by Gasteiger charge is 2.23. The molecule has 2 aromatic rings. The summed E-state index contributed by atoms with van der Waals surface area (Å²) in [5.74, 6) is 0. The van der Waals surface area contributed by atoms with Gasteiger partial charge in [0.1, 0.15) is 0 Å². The number of hydrogen-bond donors (Lipinski definition) is 1. The van der Waals surface area contributed by atoms with Crippen LogP contribution in [0.25, 0.3) is 0 Å². The van der Waals surface area contributed by atoms with Crippen LogP contribution in [0.1, 0.15) is 25.0 Å². The van der Waals surface area contributed by atoms with Crippen LogP contribution in [-0.2, 0) is 12.0 Å². The first-order valence-electron chi connectivity index (χ1n) is 8.09. The summed E-state index contributed by atoms with van der Waals surface area (Å²) >= 11 is 0. The fourth-order valence-electron chi connectivity index (χ4n) is 3.01. The Morgan fingerprint density at radius 3 is 2.29 bits per heavy atom. The maximum absolute atomic E-state index is 11.8. The van der Waals surface area contributed by atoms with Crippen molar-refractivity contribution in [3.8, 4) is 0 Å². The van der Waals surface area contributed by atoms with E-state index in [9.17, 15) is 9.90 Å². The van der Waals surface area contributed by atoms with Crippen molar-refractivity contribution in [1.29, 1.82) is 0 Å². The monoisotopic (exact) mass is 326 g/mol. The molecule has 0 saturated heterocycles. The Bertz CT molecular complexity index is 681. The highest BCUT2D eigenvalue weighted by Crippen LogP contribution is 2.28. The summed E-state index contributed by atoms with van der Waals surface area (Å²) in [7, 11) is 4.09. The maximum atomic E-state index is 11.8. The fourth-order valence-corrected chi connectivity index (χ4v) is 3.01. The van der Waals surface area contributed by atoms with Crippen LogP contribution >= 0.6 is 0 Å². The second-order valence-corrected chi connectivity index (χ2v) is 7.03. The number of amides is 1. The molecule has 4 heteroatoms. The molecular formula is C20H26N2O2. The van der Waals surface area contributed by atoms with E-state index in [4.69, 9.17) is 0 Å². The Morgan fingerprint density at radius 2 is 1.71 bits per heavy atom. The van der Waals surface area contributed by atoms with E-state index in [0.29, 0.717) is 12.2 Å². The van der Waals surface area contributed by atoms with Crippen LogP contribution in [-0.4, -0.2) is 36.7 Å². The van der Waals surface area contributed by atoms with Gasteiger partial charge >= 0.3 is 6.09 Å². The van der Waals surface area contributed by atoms with E-state index in [1.165, 1.54) is 4.90 Å². The largest absolute Gasteiger partial charge is 0.465 e. The zero-order valence-electron chi connectivity index (χ0n) is 14.9. The van der Waals surface area contributed by atoms with Crippen molar-refractivity contribution >= 4 is 11.8 Å². The second kappa shape index (κ2) is 7.49. The topological polar surface area (TPSA) is 43.8 Å². The van der Waals surface area contributed by atoms with Gasteiger partial charge in [0.05, 0.1) is 6.54 Å². The summed E-state index contributed by atoms with van der Waals surface area (Å²) < 4.78 is 0. The molecule has 0 aliphatic carbocycles. The molecule has 24 heavy (non-hydrogen) atoms. The molecule has 0 unspecified atom stereocenters. The second-order valence-electron chi connectivity index (χ2n) is 7.03. The molecule has 0 atom stereocenters. The van der Waals surface area contributed by atoms with Crippen LogP contribution in [0.3, 0.4) is 0 Å². The van der Waals surface area contributed by atoms with Gasteiger partial charge in [-0.15, -0.1) is 0 Å². The predicted octanol–water partition coefficient (Wildman–Crippen LogP) is 4.21. The van der Waals surface area contributed by atoms with Gasteiger partial charge in [-0.25, -0.2) is 4.79 Å². The lowest BCUT2D eigenvalue weighted by atomic mass is 9.84. The Hall–Kier alpha value is -2.33. The zero-order chi connectivity index (χ0) is 17.7. The van der Waals surface area contributed by atoms with Gasteiger partial charge in [-0.3, -0.25) is 4.90 Å². The number of carbonyl (C=O) groups is 1. The number of anilines is 1. The van der Waals surface area contributed by atoms with Crippen molar-refractivity contribution in [3.63, 3.8) is 0 Å². The molecular weight excluding hydrogens is 300 g/mol. The van der Waals surface area contributed by atoms with Crippen LogP contribution in [0, 0.1) is 0 Å². The quantitative estimate of drug-likeness (QED) is 0.865. The first kappa shape index (κ1) is 18.0. The lowest BCUT2D eigenvalue weighted by Crippen LogP contribution is -2.33. The fraction of sp³-hybridized carbons (Fsp3) is 0.350. The Balaban J connectivity index is 2.31. The van der Waals surface area contributed by atoms with Crippen molar-refractivity contribution in [2.45, 2.75) is 25.8 Å². The number of benzene rings is 2. The van der Waals surface area contributed by atoms with Crippen molar-refractivity contribution < 1.29 is 9.90 Å². The van der Waals surface area contributed by atoms with Crippen molar-refractivity contribution in [1.82, 2.24) is 4.90 Å². The Labute approximate surface area is 144 Å². The average molecular weight is 326 g/mol. The van der Waals surface area contributed by atoms with E-state index in [1.807, 2.05) is 62.6 Å². The first-order chi connectivity index (χ1) is 11.3. The SMILES string of the molecule is CN(C)CC(C)(C)c1cccc(N(Cc2ccccc2)C(=O)O)c1. The molecule has 0 heterocycles. The molecule has 0 aliphatic heterocycles. The summed E-state index contributed by atoms with van der Waals surface area (Å²) in [5.41, 5.74) is 2.75. The molecule has 0 fully saturated rings. The third-order valence-electron chi connectivity index (χ3n) is 4.07. The number of rotatable bonds is 6. The molecule has 1 amide bonds. The smallest absolute Gasteiger partial charge is 0.412 e. The van der Waals surface area contributed by atoms with Gasteiger partial charge in [0.2, 0.25) is 0 Å². The van der Waals surface area contributed by atoms with E-state index in [1.54, 1.807) is 0 Å². The minimum absolute atomic E-state index is 0.0591. The molecule has 2 aromatic carbocycles. The summed E-state index contributed by atoms with van der Waals surface area (Å²) in [6, 6.07) is 17.5. The van der Waals surface area contributed by atoms with Crippen molar-refractivity contribution in [3.05, 3.63) is 65.7 Å². The van der Waals surface area contributed by atoms with Gasteiger partial charge in [0, 0.05) is 17.6 Å². The minimum Gasteiger partial charge on any atom is -0.465 e. The lowest BCUT2D eigenvalue weighted by molar-refractivity contribution is 0.201. The van der Waals surface area contributed by atoms with E-state index in [-0.39, 0.29) is 5.41 Å². The van der Waals surface area contributed by atoms with Gasteiger partial charge in [-0.05, 0) is 37.4 Å². The highest BCUT2D eigenvalue weighted by molar-refractivity contribution is 5.86. The summed E-state index contributed by atoms with van der Waals surface area (Å²) in [6.45, 7) is 5.58. The predicted molar refractivity (Wildman–Crippen MR) is 98.7 cm³/mol. The molecule has 128 valence electrons. The maximum Gasteiger partial charge on any atom is 0.412 e. The minimum atomic E-state index is -0.943. The van der Waals surface area contributed by atoms with Gasteiger partial charge < -0.3 is 10.0 Å². The van der Waals surface area contributed by atoms with Crippen LogP contribution < -0.4 is 4.90 Å². The molecule has 0 bridgehead atoms. The molecule has 2 rings (SSSR count). The highest BCUT2D eigenvalue weighted by atomic mass is 16.4. The van der Waals surface area contributed by atoms with Crippen LogP contribution in [0.5, 0.6) is 0 Å². The molecule has 0 radical (unpaired) electrons. The molecule has 0 saturated carbocycles. The number of nitrogens with zero attached hydrogens (tertiary/aromatic N) is 2. The molecule has 0 aromatic heterocycles. The Morgan fingerprint density at radius 1 is 1.04 bits per heavy atom. The van der Waals surface area contributed by atoms with Crippen molar-refractivity contribution in [2.75, 3.05) is 25.5 Å². The zero-order valence-corrected chi connectivity index (χ0v) is 14.9. The van der Waals surface area contributed by atoms with Gasteiger partial charge in [-0.2, -0.15) is 0 Å². The first-order valence-corrected chi connectivity index (χ1v) is 8.09. The number of carboxylic acid groups (broad SMARTS) is 1. The number of hydrogen-bond acceptors (Lipinski definition) is 2. The van der Waals surface area contributed by atoms with E-state index in [2.05, 4.69) is 24.8 Å². The molecule has 0 aliphatic rings. The molecule has 0 spiro atoms. The lowest BCUT2D eigenvalue weighted by Gasteiger charge is -2.30. The van der Waals surface area contributed by atoms with Gasteiger partial charge in [-0.1, -0.05) is 56.3 Å². The van der Waals surface area contributed by atoms with E-state index in [0.717, 1.165) is 17.7 Å². The summed E-state index contributed by atoms with van der Waals surface area (Å²) in [4.78, 5) is 15.3. The van der Waals surface area contributed by atoms with E-state index >= 15 is 0 Å². The normalized spacial score (nSPS) is 11.5. The average Bonchev–Trinajstić information content (AvgIpc) is 2.52.